The number of thiophene rings is 1. The van der Waals surface area contributed by atoms with Crippen molar-refractivity contribution in [2.24, 2.45) is 17.8 Å². The third-order valence-corrected chi connectivity index (χ3v) is 7.24. The average Bonchev–Trinajstić information content (AvgIpc) is 3.08. The quantitative estimate of drug-likeness (QED) is 0.766. The minimum Gasteiger partial charge on any atom is -0.309 e. The maximum atomic E-state index is 3.84. The van der Waals surface area contributed by atoms with E-state index < -0.39 is 0 Å². The lowest BCUT2D eigenvalue weighted by Crippen LogP contribution is -2.31. The highest BCUT2D eigenvalue weighted by Gasteiger charge is 2.43. The van der Waals surface area contributed by atoms with Gasteiger partial charge < -0.3 is 5.32 Å². The minimum atomic E-state index is 0.602. The summed E-state index contributed by atoms with van der Waals surface area (Å²) in [6.07, 6.45) is 7.16. The summed E-state index contributed by atoms with van der Waals surface area (Å²) in [5.41, 5.74) is 0. The third kappa shape index (κ3) is 2.79. The lowest BCUT2D eigenvalue weighted by Gasteiger charge is -2.30. The van der Waals surface area contributed by atoms with Crippen LogP contribution in [0.25, 0.3) is 0 Å². The Labute approximate surface area is 129 Å². The van der Waals surface area contributed by atoms with Crippen LogP contribution in [0.3, 0.4) is 0 Å². The van der Waals surface area contributed by atoms with E-state index >= 15 is 0 Å². The van der Waals surface area contributed by atoms with Gasteiger partial charge in [-0.1, -0.05) is 13.3 Å². The van der Waals surface area contributed by atoms with Gasteiger partial charge in [0.05, 0.1) is 0 Å². The van der Waals surface area contributed by atoms with E-state index in [-0.39, 0.29) is 0 Å². The van der Waals surface area contributed by atoms with Crippen molar-refractivity contribution in [2.75, 3.05) is 6.54 Å². The van der Waals surface area contributed by atoms with E-state index in [4.69, 9.17) is 0 Å². The Bertz CT molecular complexity index is 422. The van der Waals surface area contributed by atoms with Gasteiger partial charge in [-0.15, -0.1) is 11.3 Å². The smallest absolute Gasteiger partial charge is 0.0446 e. The Morgan fingerprint density at radius 3 is 2.79 bits per heavy atom. The second-order valence-corrected chi connectivity index (χ2v) is 8.47. The summed E-state index contributed by atoms with van der Waals surface area (Å²) in [6, 6.07) is 2.96. The van der Waals surface area contributed by atoms with Gasteiger partial charge in [0.2, 0.25) is 0 Å². The molecule has 1 nitrogen and oxygen atoms in total. The molecular formula is C16H24BrNS. The van der Waals surface area contributed by atoms with E-state index in [1.807, 2.05) is 11.3 Å². The molecule has 4 atom stereocenters. The van der Waals surface area contributed by atoms with Crippen molar-refractivity contribution in [3.05, 3.63) is 20.3 Å². The van der Waals surface area contributed by atoms with Gasteiger partial charge in [0.1, 0.15) is 0 Å². The molecule has 2 fully saturated rings. The molecule has 106 valence electrons. The molecular weight excluding hydrogens is 318 g/mol. The van der Waals surface area contributed by atoms with Crippen LogP contribution in [0, 0.1) is 24.7 Å². The number of hydrogen-bond donors (Lipinski definition) is 1. The molecule has 0 aromatic carbocycles. The molecule has 3 heteroatoms. The molecule has 0 radical (unpaired) electrons. The monoisotopic (exact) mass is 341 g/mol. The van der Waals surface area contributed by atoms with E-state index in [9.17, 15) is 0 Å². The summed E-state index contributed by atoms with van der Waals surface area (Å²) in [6.45, 7) is 5.63. The SMILES string of the molecule is CCCNC(c1cc(Br)c(C)s1)C1CC2CCC1C2. The molecule has 3 rings (SSSR count). The zero-order chi connectivity index (χ0) is 13.4. The Balaban J connectivity index is 1.81. The third-order valence-electron chi connectivity index (χ3n) is 5.02. The number of rotatable bonds is 5. The highest BCUT2D eigenvalue weighted by atomic mass is 79.9. The van der Waals surface area contributed by atoms with Gasteiger partial charge in [0, 0.05) is 20.3 Å². The largest absolute Gasteiger partial charge is 0.309 e. The lowest BCUT2D eigenvalue weighted by atomic mass is 9.82. The van der Waals surface area contributed by atoms with Crippen molar-refractivity contribution < 1.29 is 0 Å². The first kappa shape index (κ1) is 14.1. The Morgan fingerprint density at radius 1 is 1.42 bits per heavy atom. The molecule has 19 heavy (non-hydrogen) atoms. The first-order valence-electron chi connectivity index (χ1n) is 7.68. The molecule has 0 saturated heterocycles. The fourth-order valence-corrected chi connectivity index (χ4v) is 5.81. The second-order valence-electron chi connectivity index (χ2n) is 6.32. The van der Waals surface area contributed by atoms with Crippen LogP contribution < -0.4 is 5.32 Å². The summed E-state index contributed by atoms with van der Waals surface area (Å²) in [5, 5.41) is 3.84. The molecule has 2 saturated carbocycles. The van der Waals surface area contributed by atoms with Crippen molar-refractivity contribution in [1.29, 1.82) is 0 Å². The molecule has 0 spiro atoms. The molecule has 2 bridgehead atoms. The van der Waals surface area contributed by atoms with Crippen LogP contribution in [0.5, 0.6) is 0 Å². The van der Waals surface area contributed by atoms with Crippen LogP contribution in [0.4, 0.5) is 0 Å². The minimum absolute atomic E-state index is 0.602. The van der Waals surface area contributed by atoms with Crippen molar-refractivity contribution >= 4 is 27.3 Å². The molecule has 4 unspecified atom stereocenters. The highest BCUT2D eigenvalue weighted by Crippen LogP contribution is 2.53. The van der Waals surface area contributed by atoms with Gasteiger partial charge in [-0.3, -0.25) is 0 Å². The zero-order valence-electron chi connectivity index (χ0n) is 11.9. The Hall–Kier alpha value is 0.140. The Kier molecular flexibility index (Phi) is 4.35. The van der Waals surface area contributed by atoms with Crippen LogP contribution in [0.15, 0.2) is 10.5 Å². The molecule has 1 heterocycles. The maximum Gasteiger partial charge on any atom is 0.0446 e. The van der Waals surface area contributed by atoms with Gasteiger partial charge in [-0.25, -0.2) is 0 Å². The summed E-state index contributed by atoms with van der Waals surface area (Å²) < 4.78 is 1.29. The van der Waals surface area contributed by atoms with Gasteiger partial charge >= 0.3 is 0 Å². The van der Waals surface area contributed by atoms with Crippen LogP contribution in [0.2, 0.25) is 0 Å². The first-order valence-corrected chi connectivity index (χ1v) is 9.29. The molecule has 2 aliphatic carbocycles. The number of nitrogens with one attached hydrogen (secondary N) is 1. The topological polar surface area (TPSA) is 12.0 Å². The van der Waals surface area contributed by atoms with Gasteiger partial charge in [0.25, 0.3) is 0 Å². The predicted octanol–water partition coefficient (Wildman–Crippen LogP) is 5.30. The zero-order valence-corrected chi connectivity index (χ0v) is 14.3. The summed E-state index contributed by atoms with van der Waals surface area (Å²) in [4.78, 5) is 2.97. The molecule has 0 aliphatic heterocycles. The maximum absolute atomic E-state index is 3.84. The molecule has 0 amide bonds. The normalized spacial score (nSPS) is 31.0. The average molecular weight is 342 g/mol. The van der Waals surface area contributed by atoms with E-state index in [2.05, 4.69) is 41.2 Å². The number of aryl methyl sites for hydroxylation is 1. The first-order chi connectivity index (χ1) is 9.19. The highest BCUT2D eigenvalue weighted by molar-refractivity contribution is 9.10. The van der Waals surface area contributed by atoms with Crippen molar-refractivity contribution in [3.63, 3.8) is 0 Å². The lowest BCUT2D eigenvalue weighted by molar-refractivity contribution is 0.253. The van der Waals surface area contributed by atoms with Crippen LogP contribution in [0.1, 0.15) is 54.8 Å². The Morgan fingerprint density at radius 2 is 2.26 bits per heavy atom. The number of fused-ring (bicyclic) bond motifs is 2. The summed E-state index contributed by atoms with van der Waals surface area (Å²) in [5.74, 6) is 2.90. The van der Waals surface area contributed by atoms with E-state index in [1.165, 1.54) is 41.5 Å². The van der Waals surface area contributed by atoms with Crippen molar-refractivity contribution in [3.8, 4) is 0 Å². The van der Waals surface area contributed by atoms with Crippen molar-refractivity contribution in [2.45, 2.75) is 52.0 Å². The second kappa shape index (κ2) is 5.87. The predicted molar refractivity (Wildman–Crippen MR) is 86.7 cm³/mol. The van der Waals surface area contributed by atoms with E-state index in [1.54, 1.807) is 4.88 Å². The van der Waals surface area contributed by atoms with Crippen LogP contribution >= 0.6 is 27.3 Å². The standard InChI is InChI=1S/C16H24BrNS/c1-3-6-18-16(15-9-14(17)10(2)19-15)13-8-11-4-5-12(13)7-11/h9,11-13,16,18H,3-8H2,1-2H3. The van der Waals surface area contributed by atoms with E-state index in [0.717, 1.165) is 24.3 Å². The van der Waals surface area contributed by atoms with Gasteiger partial charge in [0.15, 0.2) is 0 Å². The molecule has 1 aromatic heterocycles. The van der Waals surface area contributed by atoms with Crippen molar-refractivity contribution in [1.82, 2.24) is 5.32 Å². The summed E-state index contributed by atoms with van der Waals surface area (Å²) >= 11 is 5.66. The van der Waals surface area contributed by atoms with E-state index in [0.29, 0.717) is 6.04 Å². The molecule has 1 N–H and O–H groups in total. The van der Waals surface area contributed by atoms with Crippen LogP contribution in [-0.4, -0.2) is 6.54 Å². The summed E-state index contributed by atoms with van der Waals surface area (Å²) in [7, 11) is 0. The number of halogens is 1. The van der Waals surface area contributed by atoms with Crippen LogP contribution in [-0.2, 0) is 0 Å². The molecule has 1 aromatic rings. The van der Waals surface area contributed by atoms with Gasteiger partial charge in [-0.05, 0) is 78.9 Å². The fourth-order valence-electron chi connectivity index (χ4n) is 4.10. The fraction of sp³-hybridized carbons (Fsp3) is 0.750. The molecule has 2 aliphatic rings. The van der Waals surface area contributed by atoms with Gasteiger partial charge in [-0.2, -0.15) is 0 Å². The number of hydrogen-bond acceptors (Lipinski definition) is 2.